The molecule has 1 N–H and O–H groups in total. The lowest BCUT2D eigenvalue weighted by atomic mass is 10.0. The minimum atomic E-state index is -0.543. The summed E-state index contributed by atoms with van der Waals surface area (Å²) in [5.74, 6) is -0.543. The van der Waals surface area contributed by atoms with Crippen LogP contribution in [0.15, 0.2) is 42.6 Å². The highest BCUT2D eigenvalue weighted by molar-refractivity contribution is 5.45. The molecular formula is C14H14FN3O2. The third-order valence-electron chi connectivity index (χ3n) is 2.96. The van der Waals surface area contributed by atoms with Crippen molar-refractivity contribution in [2.45, 2.75) is 19.4 Å². The second-order valence-electron chi connectivity index (χ2n) is 4.33. The van der Waals surface area contributed by atoms with E-state index >= 15 is 0 Å². The van der Waals surface area contributed by atoms with Gasteiger partial charge in [-0.2, -0.15) is 4.39 Å². The summed E-state index contributed by atoms with van der Waals surface area (Å²) in [6.07, 6.45) is 2.13. The molecule has 20 heavy (non-hydrogen) atoms. The molecule has 0 saturated carbocycles. The summed E-state index contributed by atoms with van der Waals surface area (Å²) in [6, 6.07) is 9.23. The average molecular weight is 275 g/mol. The predicted molar refractivity (Wildman–Crippen MR) is 73.9 cm³/mol. The fourth-order valence-electron chi connectivity index (χ4n) is 1.94. The van der Waals surface area contributed by atoms with E-state index < -0.39 is 10.9 Å². The van der Waals surface area contributed by atoms with E-state index in [-0.39, 0.29) is 11.7 Å². The summed E-state index contributed by atoms with van der Waals surface area (Å²) < 4.78 is 12.8. The van der Waals surface area contributed by atoms with Crippen LogP contribution >= 0.6 is 0 Å². The molecule has 1 aromatic carbocycles. The number of anilines is 1. The lowest BCUT2D eigenvalue weighted by Gasteiger charge is -2.18. The highest BCUT2D eigenvalue weighted by atomic mass is 19.1. The van der Waals surface area contributed by atoms with Crippen LogP contribution in [0.4, 0.5) is 15.8 Å². The Hall–Kier alpha value is -2.50. The first-order chi connectivity index (χ1) is 9.60. The maximum Gasteiger partial charge on any atom is 0.269 e. The fourth-order valence-corrected chi connectivity index (χ4v) is 1.94. The number of pyridine rings is 1. The van der Waals surface area contributed by atoms with Gasteiger partial charge in [0.15, 0.2) is 0 Å². The van der Waals surface area contributed by atoms with Crippen LogP contribution in [0.25, 0.3) is 0 Å². The Labute approximate surface area is 115 Å². The Morgan fingerprint density at radius 2 is 2.20 bits per heavy atom. The molecule has 1 heterocycles. The second-order valence-corrected chi connectivity index (χ2v) is 4.33. The molecule has 2 aromatic rings. The predicted octanol–water partition coefficient (Wildman–Crippen LogP) is 3.69. The molecule has 2 rings (SSSR count). The second kappa shape index (κ2) is 6.10. The van der Waals surface area contributed by atoms with E-state index in [4.69, 9.17) is 0 Å². The van der Waals surface area contributed by atoms with E-state index in [1.807, 2.05) is 13.0 Å². The van der Waals surface area contributed by atoms with Gasteiger partial charge in [-0.1, -0.05) is 19.1 Å². The van der Waals surface area contributed by atoms with Crippen molar-refractivity contribution in [3.05, 3.63) is 64.2 Å². The molecule has 0 spiro atoms. The number of benzene rings is 1. The molecule has 1 unspecified atom stereocenters. The summed E-state index contributed by atoms with van der Waals surface area (Å²) in [5, 5.41) is 14.0. The SMILES string of the molecule is CCC(Nc1ccc(F)nc1)c1cccc([N+](=O)[O-])c1. The van der Waals surface area contributed by atoms with Crippen molar-refractivity contribution < 1.29 is 9.31 Å². The zero-order chi connectivity index (χ0) is 14.5. The van der Waals surface area contributed by atoms with Crippen molar-refractivity contribution in [3.8, 4) is 0 Å². The first-order valence-corrected chi connectivity index (χ1v) is 6.22. The lowest BCUT2D eigenvalue weighted by Crippen LogP contribution is -2.10. The van der Waals surface area contributed by atoms with Crippen LogP contribution in [0.3, 0.4) is 0 Å². The zero-order valence-corrected chi connectivity index (χ0v) is 10.9. The number of rotatable bonds is 5. The molecule has 0 fully saturated rings. The van der Waals surface area contributed by atoms with Gasteiger partial charge in [0, 0.05) is 12.1 Å². The van der Waals surface area contributed by atoms with Crippen LogP contribution in [0, 0.1) is 16.1 Å². The van der Waals surface area contributed by atoms with Crippen molar-refractivity contribution in [3.63, 3.8) is 0 Å². The van der Waals surface area contributed by atoms with Crippen LogP contribution < -0.4 is 5.32 Å². The first-order valence-electron chi connectivity index (χ1n) is 6.22. The molecule has 0 saturated heterocycles. The zero-order valence-electron chi connectivity index (χ0n) is 10.9. The first kappa shape index (κ1) is 13.9. The number of nitrogens with one attached hydrogen (secondary N) is 1. The summed E-state index contributed by atoms with van der Waals surface area (Å²) >= 11 is 0. The van der Waals surface area contributed by atoms with Gasteiger partial charge in [0.25, 0.3) is 5.69 Å². The average Bonchev–Trinajstić information content (AvgIpc) is 2.46. The van der Waals surface area contributed by atoms with Gasteiger partial charge in [0.2, 0.25) is 5.95 Å². The highest BCUT2D eigenvalue weighted by Crippen LogP contribution is 2.25. The van der Waals surface area contributed by atoms with Crippen LogP contribution in [0.5, 0.6) is 0 Å². The van der Waals surface area contributed by atoms with Gasteiger partial charge in [-0.25, -0.2) is 4.98 Å². The number of non-ortho nitro benzene ring substituents is 1. The van der Waals surface area contributed by atoms with E-state index in [0.717, 1.165) is 12.0 Å². The molecule has 5 nitrogen and oxygen atoms in total. The van der Waals surface area contributed by atoms with Crippen LogP contribution in [0.1, 0.15) is 24.9 Å². The normalized spacial score (nSPS) is 11.9. The van der Waals surface area contributed by atoms with Gasteiger partial charge in [-0.15, -0.1) is 0 Å². The lowest BCUT2D eigenvalue weighted by molar-refractivity contribution is -0.384. The van der Waals surface area contributed by atoms with Crippen LogP contribution in [-0.2, 0) is 0 Å². The number of halogens is 1. The maximum absolute atomic E-state index is 12.8. The summed E-state index contributed by atoms with van der Waals surface area (Å²) in [5.41, 5.74) is 1.54. The van der Waals surface area contributed by atoms with E-state index in [0.29, 0.717) is 5.69 Å². The molecule has 0 aliphatic heterocycles. The molecule has 0 aliphatic carbocycles. The quantitative estimate of drug-likeness (QED) is 0.513. The number of hydrogen-bond acceptors (Lipinski definition) is 4. The maximum atomic E-state index is 12.8. The molecule has 0 radical (unpaired) electrons. The van der Waals surface area contributed by atoms with Crippen molar-refractivity contribution in [1.29, 1.82) is 0 Å². The standard InChI is InChI=1S/C14H14FN3O2/c1-2-13(17-11-6-7-14(15)16-9-11)10-4-3-5-12(8-10)18(19)20/h3-9,13,17H,2H2,1H3. The smallest absolute Gasteiger partial charge is 0.269 e. The van der Waals surface area contributed by atoms with Crippen molar-refractivity contribution in [2.24, 2.45) is 0 Å². The third kappa shape index (κ3) is 3.28. The molecule has 104 valence electrons. The number of aromatic nitrogens is 1. The topological polar surface area (TPSA) is 68.1 Å². The van der Waals surface area contributed by atoms with E-state index in [9.17, 15) is 14.5 Å². The van der Waals surface area contributed by atoms with E-state index in [2.05, 4.69) is 10.3 Å². The van der Waals surface area contributed by atoms with Crippen LogP contribution in [0.2, 0.25) is 0 Å². The highest BCUT2D eigenvalue weighted by Gasteiger charge is 2.13. The van der Waals surface area contributed by atoms with Crippen molar-refractivity contribution in [2.75, 3.05) is 5.32 Å². The van der Waals surface area contributed by atoms with E-state index in [1.54, 1.807) is 12.1 Å². The van der Waals surface area contributed by atoms with Gasteiger partial charge < -0.3 is 5.32 Å². The summed E-state index contributed by atoms with van der Waals surface area (Å²) in [4.78, 5) is 13.9. The molecule has 0 bridgehead atoms. The summed E-state index contributed by atoms with van der Waals surface area (Å²) in [6.45, 7) is 1.97. The van der Waals surface area contributed by atoms with Gasteiger partial charge >= 0.3 is 0 Å². The minimum Gasteiger partial charge on any atom is -0.377 e. The Morgan fingerprint density at radius 3 is 2.80 bits per heavy atom. The van der Waals surface area contributed by atoms with Gasteiger partial charge in [-0.3, -0.25) is 10.1 Å². The minimum absolute atomic E-state index is 0.0555. The Bertz CT molecular complexity index is 602. The van der Waals surface area contributed by atoms with Gasteiger partial charge in [0.05, 0.1) is 22.8 Å². The van der Waals surface area contributed by atoms with Crippen molar-refractivity contribution >= 4 is 11.4 Å². The Balaban J connectivity index is 2.21. The molecule has 1 aromatic heterocycles. The number of nitro groups is 1. The monoisotopic (exact) mass is 275 g/mol. The number of nitro benzene ring substituents is 1. The molecule has 6 heteroatoms. The molecular weight excluding hydrogens is 261 g/mol. The van der Waals surface area contributed by atoms with E-state index in [1.165, 1.54) is 24.4 Å². The summed E-state index contributed by atoms with van der Waals surface area (Å²) in [7, 11) is 0. The molecule has 0 amide bonds. The largest absolute Gasteiger partial charge is 0.377 e. The van der Waals surface area contributed by atoms with Gasteiger partial charge in [0.1, 0.15) is 0 Å². The Kier molecular flexibility index (Phi) is 4.24. The Morgan fingerprint density at radius 1 is 1.40 bits per heavy atom. The van der Waals surface area contributed by atoms with Crippen LogP contribution in [-0.4, -0.2) is 9.91 Å². The molecule has 0 aliphatic rings. The fraction of sp³-hybridized carbons (Fsp3) is 0.214. The third-order valence-corrected chi connectivity index (χ3v) is 2.96. The number of hydrogen-bond donors (Lipinski definition) is 1. The van der Waals surface area contributed by atoms with Crippen molar-refractivity contribution in [1.82, 2.24) is 4.98 Å². The number of nitrogens with zero attached hydrogens (tertiary/aromatic N) is 2. The molecule has 1 atom stereocenters. The van der Waals surface area contributed by atoms with Gasteiger partial charge in [-0.05, 0) is 24.1 Å².